The van der Waals surface area contributed by atoms with Gasteiger partial charge in [0.05, 0.1) is 0 Å². The first-order chi connectivity index (χ1) is 13.5. The van der Waals surface area contributed by atoms with Crippen molar-refractivity contribution >= 4 is 40.3 Å². The van der Waals surface area contributed by atoms with Crippen molar-refractivity contribution in [1.82, 2.24) is 19.9 Å². The third-order valence-corrected chi connectivity index (χ3v) is 7.20. The van der Waals surface area contributed by atoms with Gasteiger partial charge < -0.3 is 9.72 Å². The second-order valence-corrected chi connectivity index (χ2v) is 9.43. The number of alkyl halides is 1. The number of esters is 1. The predicted molar refractivity (Wildman–Crippen MR) is 104 cm³/mol. The van der Waals surface area contributed by atoms with Crippen LogP contribution < -0.4 is 30.6 Å². The number of ether oxygens (including phenoxy) is 1. The molecule has 0 atom stereocenters. The minimum absolute atomic E-state index is 0.144. The van der Waals surface area contributed by atoms with E-state index in [-0.39, 0.29) is 27.0 Å². The molecule has 0 bridgehead atoms. The number of nitrogens with one attached hydrogen (secondary N) is 1. The van der Waals surface area contributed by atoms with Gasteiger partial charge in [-0.2, -0.15) is 0 Å². The van der Waals surface area contributed by atoms with E-state index in [2.05, 4.69) is 24.8 Å². The summed E-state index contributed by atoms with van der Waals surface area (Å²) in [6.45, 7) is 3.21. The summed E-state index contributed by atoms with van der Waals surface area (Å²) in [7, 11) is 0. The van der Waals surface area contributed by atoms with Crippen molar-refractivity contribution in [2.24, 2.45) is 0 Å². The zero-order chi connectivity index (χ0) is 19.7. The number of piperidine rings is 1. The summed E-state index contributed by atoms with van der Waals surface area (Å²) >= 11 is 6.26. The molecule has 28 heavy (non-hydrogen) atoms. The molecule has 0 amide bonds. The van der Waals surface area contributed by atoms with Gasteiger partial charge in [-0.05, 0) is 0 Å². The number of hydrogen-bond acceptors (Lipinski definition) is 6. The average molecular weight is 509 g/mol. The number of benzene rings is 1. The Kier molecular flexibility index (Phi) is 5.72. The van der Waals surface area contributed by atoms with Crippen LogP contribution in [0.4, 0.5) is 5.95 Å². The fourth-order valence-electron chi connectivity index (χ4n) is 3.21. The van der Waals surface area contributed by atoms with Crippen molar-refractivity contribution in [1.29, 1.82) is 0 Å². The van der Waals surface area contributed by atoms with Gasteiger partial charge in [0.15, 0.2) is 0 Å². The number of carbonyl (C=O) groups excluding carboxylic acids is 1. The molecule has 7 nitrogen and oxygen atoms in total. The second kappa shape index (κ2) is 8.24. The maximum atomic E-state index is 11.1. The molecule has 3 aromatic rings. The Hall–Kier alpha value is -1.88. The van der Waals surface area contributed by atoms with Crippen LogP contribution in [0.2, 0.25) is 5.02 Å². The number of imidazole rings is 1. The van der Waals surface area contributed by atoms with Crippen molar-refractivity contribution in [2.45, 2.75) is 23.7 Å². The molecular weight excluding hydrogens is 491 g/mol. The number of aromatic amines is 1. The number of fused-ring (bicyclic) bond motifs is 1. The van der Waals surface area contributed by atoms with Crippen LogP contribution in [0.1, 0.15) is 19.8 Å². The average Bonchev–Trinajstić information content (AvgIpc) is 3.07. The van der Waals surface area contributed by atoms with Gasteiger partial charge in [-0.3, -0.25) is 4.79 Å². The third kappa shape index (κ3) is 4.10. The quantitative estimate of drug-likeness (QED) is 0.226. The van der Waals surface area contributed by atoms with Crippen molar-refractivity contribution in [3.8, 4) is 17.1 Å². The Morgan fingerprint density at radius 3 is 2.68 bits per heavy atom. The minimum atomic E-state index is -0.438. The van der Waals surface area contributed by atoms with E-state index in [0.29, 0.717) is 20.0 Å². The van der Waals surface area contributed by atoms with Crippen molar-refractivity contribution < 1.29 is 30.5 Å². The summed E-state index contributed by atoms with van der Waals surface area (Å²) in [6, 6.07) is 3.72. The van der Waals surface area contributed by atoms with E-state index in [9.17, 15) is 4.79 Å². The van der Waals surface area contributed by atoms with E-state index in [1.165, 1.54) is 6.92 Å². The fourth-order valence-corrected chi connectivity index (χ4v) is 4.76. The van der Waals surface area contributed by atoms with Crippen LogP contribution in [-0.4, -0.2) is 48.6 Å². The van der Waals surface area contributed by atoms with E-state index < -0.39 is 5.97 Å². The van der Waals surface area contributed by atoms with Crippen molar-refractivity contribution in [3.05, 3.63) is 29.5 Å². The Labute approximate surface area is 178 Å². The van der Waals surface area contributed by atoms with Crippen LogP contribution in [-0.2, 0) is 4.79 Å². The van der Waals surface area contributed by atoms with E-state index in [0.717, 1.165) is 43.0 Å². The molecule has 1 aromatic carbocycles. The van der Waals surface area contributed by atoms with E-state index >= 15 is 0 Å². The van der Waals surface area contributed by atoms with E-state index in [1.807, 2.05) is 6.07 Å². The number of aromatic nitrogens is 4. The van der Waals surface area contributed by atoms with Crippen LogP contribution in [0.25, 0.3) is 22.2 Å². The number of H-pyrrole nitrogens is 1. The van der Waals surface area contributed by atoms with Gasteiger partial charge in [0.25, 0.3) is 0 Å². The number of anilines is 1. The van der Waals surface area contributed by atoms with Gasteiger partial charge in [0, 0.05) is 6.92 Å². The second-order valence-electron chi connectivity index (χ2n) is 6.54. The summed E-state index contributed by atoms with van der Waals surface area (Å²) in [4.78, 5) is 29.6. The molecule has 1 N–H and O–H groups in total. The molecule has 10 heteroatoms. The zero-order valence-corrected chi connectivity index (χ0v) is 18.1. The summed E-state index contributed by atoms with van der Waals surface area (Å²) in [5.74, 6) is 0.290. The molecule has 1 aliphatic rings. The molecule has 1 saturated heterocycles. The maximum absolute atomic E-state index is 11.1. The molecule has 1 aliphatic heterocycles. The molecule has 144 valence electrons. The summed E-state index contributed by atoms with van der Waals surface area (Å²) in [5, 5.41) is 0.537. The van der Waals surface area contributed by atoms with Gasteiger partial charge in [-0.1, -0.05) is 0 Å². The number of nitrogens with zero attached hydrogens (tertiary/aromatic N) is 4. The SMILES string of the molecule is [B][I-]C1CCN(c2ncc(-c3cc4nc(OC(C)=O)[nH]c4cc3Cl)cn2)CC1. The third-order valence-electron chi connectivity index (χ3n) is 4.62. The molecule has 1 fully saturated rings. The van der Waals surface area contributed by atoms with Gasteiger partial charge in [0.2, 0.25) is 0 Å². The van der Waals surface area contributed by atoms with Gasteiger partial charge in [-0.25, -0.2) is 0 Å². The normalized spacial score (nSPS) is 15.3. The topological polar surface area (TPSA) is 84.0 Å². The van der Waals surface area contributed by atoms with Gasteiger partial charge >= 0.3 is 158 Å². The van der Waals surface area contributed by atoms with Crippen LogP contribution in [0.3, 0.4) is 0 Å². The Balaban J connectivity index is 1.57. The first kappa shape index (κ1) is 19.4. The van der Waals surface area contributed by atoms with Crippen LogP contribution >= 0.6 is 11.6 Å². The molecule has 0 saturated carbocycles. The molecule has 4 rings (SSSR count). The molecule has 2 aromatic heterocycles. The molecular formula is C18H17BClIN5O2-. The van der Waals surface area contributed by atoms with Crippen molar-refractivity contribution in [2.75, 3.05) is 18.0 Å². The Morgan fingerprint density at radius 2 is 2.04 bits per heavy atom. The van der Waals surface area contributed by atoms with Crippen LogP contribution in [0.15, 0.2) is 24.5 Å². The number of hydrogen-bond donors (Lipinski definition) is 1. The zero-order valence-electron chi connectivity index (χ0n) is 15.2. The fraction of sp³-hybridized carbons (Fsp3) is 0.333. The van der Waals surface area contributed by atoms with Crippen LogP contribution in [0, 0.1) is 0 Å². The molecule has 0 unspecified atom stereocenters. The molecule has 2 radical (unpaired) electrons. The van der Waals surface area contributed by atoms with Crippen LogP contribution in [0.5, 0.6) is 6.01 Å². The molecule has 0 spiro atoms. The first-order valence-electron chi connectivity index (χ1n) is 8.80. The van der Waals surface area contributed by atoms with Gasteiger partial charge in [0.1, 0.15) is 0 Å². The summed E-state index contributed by atoms with van der Waals surface area (Å²) < 4.78 is 5.70. The Bertz CT molecular complexity index is 1010. The van der Waals surface area contributed by atoms with Gasteiger partial charge in [-0.15, -0.1) is 0 Å². The first-order valence-corrected chi connectivity index (χ1v) is 11.7. The van der Waals surface area contributed by atoms with E-state index in [4.69, 9.17) is 22.0 Å². The molecule has 0 aliphatic carbocycles. The molecule has 3 heterocycles. The Morgan fingerprint density at radius 1 is 1.32 bits per heavy atom. The number of rotatable bonds is 4. The summed E-state index contributed by atoms with van der Waals surface area (Å²) in [5.41, 5.74) is 8.77. The van der Waals surface area contributed by atoms with Crippen molar-refractivity contribution in [3.63, 3.8) is 0 Å². The number of carbonyl (C=O) groups is 1. The van der Waals surface area contributed by atoms with E-state index in [1.54, 1.807) is 18.5 Å². The monoisotopic (exact) mass is 508 g/mol. The predicted octanol–water partition coefficient (Wildman–Crippen LogP) is -0.260. The number of halogens is 2. The standard InChI is InChI=1S/C18H17BClIN5O2/c1-10(27)28-18-24-15-6-13(14(20)7-16(15)25-18)11-8-22-17(23-9-11)26-4-2-12(21-19)3-5-26/h6-9,12H,2-5H2,1H3,(H,24,25)/q-1. The summed E-state index contributed by atoms with van der Waals surface area (Å²) in [6.07, 6.45) is 5.77.